The minimum atomic E-state index is 0.647. The van der Waals surface area contributed by atoms with Gasteiger partial charge >= 0.3 is 0 Å². The lowest BCUT2D eigenvalue weighted by molar-refractivity contribution is 0.404. The van der Waals surface area contributed by atoms with Crippen LogP contribution in [-0.4, -0.2) is 33.8 Å². The van der Waals surface area contributed by atoms with E-state index < -0.39 is 0 Å². The minimum Gasteiger partial charge on any atom is -0.497 e. The smallest absolute Gasteiger partial charge is 0.183 e. The summed E-state index contributed by atoms with van der Waals surface area (Å²) in [6, 6.07) is 21.7. The first-order chi connectivity index (χ1) is 14.3. The average Bonchev–Trinajstić information content (AvgIpc) is 3.17. The van der Waals surface area contributed by atoms with Crippen molar-refractivity contribution in [1.82, 2.24) is 19.6 Å². The minimum absolute atomic E-state index is 0.647. The van der Waals surface area contributed by atoms with Crippen molar-refractivity contribution in [3.63, 3.8) is 0 Å². The van der Waals surface area contributed by atoms with E-state index in [0.29, 0.717) is 5.65 Å². The highest BCUT2D eigenvalue weighted by atomic mass is 16.5. The molecule has 0 aliphatic carbocycles. The number of rotatable bonds is 4. The molecule has 29 heavy (non-hydrogen) atoms. The van der Waals surface area contributed by atoms with Crippen molar-refractivity contribution in [1.29, 1.82) is 0 Å². The number of aromatic nitrogens is 4. The lowest BCUT2D eigenvalue weighted by Crippen LogP contribution is -2.00. The number of nitrogens with zero attached hydrogens (tertiary/aromatic N) is 4. The van der Waals surface area contributed by atoms with E-state index in [-0.39, 0.29) is 0 Å². The molecule has 0 aliphatic rings. The summed E-state index contributed by atoms with van der Waals surface area (Å²) in [6.45, 7) is 0. The number of pyridine rings is 1. The Labute approximate surface area is 167 Å². The van der Waals surface area contributed by atoms with E-state index in [2.05, 4.69) is 4.98 Å². The van der Waals surface area contributed by atoms with Gasteiger partial charge in [0.1, 0.15) is 11.5 Å². The number of fused-ring (bicyclic) bond motifs is 3. The largest absolute Gasteiger partial charge is 0.497 e. The van der Waals surface area contributed by atoms with E-state index in [1.165, 1.54) is 0 Å². The Hall–Kier alpha value is -3.93. The molecule has 0 unspecified atom stereocenters. The van der Waals surface area contributed by atoms with E-state index in [9.17, 15) is 0 Å². The molecule has 3 heterocycles. The summed E-state index contributed by atoms with van der Waals surface area (Å²) in [6.07, 6.45) is 1.73. The number of methoxy groups -OCH3 is 2. The van der Waals surface area contributed by atoms with E-state index in [0.717, 1.165) is 45.0 Å². The molecular weight excluding hydrogens is 364 g/mol. The molecule has 0 radical (unpaired) electrons. The summed E-state index contributed by atoms with van der Waals surface area (Å²) in [5.74, 6) is 1.46. The summed E-state index contributed by atoms with van der Waals surface area (Å²) in [7, 11) is 3.30. The van der Waals surface area contributed by atoms with Crippen LogP contribution in [0, 0.1) is 0 Å². The maximum atomic E-state index is 5.64. The normalized spacial score (nSPS) is 11.1. The lowest BCUT2D eigenvalue weighted by Gasteiger charge is -2.13. The molecule has 0 saturated carbocycles. The van der Waals surface area contributed by atoms with Gasteiger partial charge in [-0.2, -0.15) is 0 Å². The Morgan fingerprint density at radius 2 is 1.72 bits per heavy atom. The third-order valence-corrected chi connectivity index (χ3v) is 4.90. The Kier molecular flexibility index (Phi) is 4.09. The van der Waals surface area contributed by atoms with Crippen LogP contribution in [-0.2, 0) is 0 Å². The summed E-state index contributed by atoms with van der Waals surface area (Å²) >= 11 is 0. The standard InChI is InChI=1S/C23H18N4O2/c1-28-16-10-11-21(29-2)18(13-16)20-14-19(15-7-4-3-5-8-15)25-23-17-9-6-12-24-22(17)26-27(20)23/h3-14H,1-2H3. The fourth-order valence-corrected chi connectivity index (χ4v) is 3.48. The third-order valence-electron chi connectivity index (χ3n) is 4.90. The molecule has 2 aromatic carbocycles. The van der Waals surface area contributed by atoms with Gasteiger partial charge in [-0.25, -0.2) is 14.5 Å². The highest BCUT2D eigenvalue weighted by Crippen LogP contribution is 2.36. The van der Waals surface area contributed by atoms with Crippen molar-refractivity contribution in [3.8, 4) is 34.0 Å². The van der Waals surface area contributed by atoms with Crippen LogP contribution in [0.3, 0.4) is 0 Å². The Bertz CT molecular complexity index is 1330. The van der Waals surface area contributed by atoms with Gasteiger partial charge in [0.05, 0.1) is 31.0 Å². The van der Waals surface area contributed by atoms with Gasteiger partial charge < -0.3 is 9.47 Å². The second-order valence-electron chi connectivity index (χ2n) is 6.57. The molecular formula is C23H18N4O2. The molecule has 142 valence electrons. The Balaban J connectivity index is 1.89. The quantitative estimate of drug-likeness (QED) is 0.454. The van der Waals surface area contributed by atoms with Gasteiger partial charge in [-0.3, -0.25) is 0 Å². The first kappa shape index (κ1) is 17.2. The highest BCUT2D eigenvalue weighted by molar-refractivity contribution is 5.92. The first-order valence-electron chi connectivity index (χ1n) is 9.21. The fraction of sp³-hybridized carbons (Fsp3) is 0.0870. The van der Waals surface area contributed by atoms with Crippen LogP contribution in [0.2, 0.25) is 0 Å². The van der Waals surface area contributed by atoms with E-state index in [1.54, 1.807) is 20.4 Å². The molecule has 0 spiro atoms. The molecule has 0 N–H and O–H groups in total. The molecule has 6 heteroatoms. The van der Waals surface area contributed by atoms with Crippen molar-refractivity contribution in [2.45, 2.75) is 0 Å². The number of benzene rings is 2. The first-order valence-corrected chi connectivity index (χ1v) is 9.21. The molecule has 0 aliphatic heterocycles. The van der Waals surface area contributed by atoms with E-state index in [4.69, 9.17) is 19.6 Å². The zero-order chi connectivity index (χ0) is 19.8. The van der Waals surface area contributed by atoms with Crippen LogP contribution in [0.4, 0.5) is 0 Å². The Morgan fingerprint density at radius 1 is 0.862 bits per heavy atom. The topological polar surface area (TPSA) is 61.5 Å². The lowest BCUT2D eigenvalue weighted by atomic mass is 10.1. The maximum Gasteiger partial charge on any atom is 0.183 e. The number of hydrogen-bond donors (Lipinski definition) is 0. The van der Waals surface area contributed by atoms with Crippen molar-refractivity contribution in [2.75, 3.05) is 14.2 Å². The van der Waals surface area contributed by atoms with Crippen LogP contribution in [0.15, 0.2) is 72.9 Å². The predicted octanol–water partition coefficient (Wildman–Crippen LogP) is 4.63. The molecule has 6 nitrogen and oxygen atoms in total. The van der Waals surface area contributed by atoms with Crippen molar-refractivity contribution in [3.05, 3.63) is 72.9 Å². The summed E-state index contributed by atoms with van der Waals surface area (Å²) in [5, 5.41) is 5.60. The molecule has 5 aromatic rings. The monoisotopic (exact) mass is 382 g/mol. The van der Waals surface area contributed by atoms with Crippen molar-refractivity contribution >= 4 is 16.7 Å². The van der Waals surface area contributed by atoms with Gasteiger partial charge in [-0.15, -0.1) is 5.10 Å². The van der Waals surface area contributed by atoms with Crippen LogP contribution in [0.25, 0.3) is 39.2 Å². The zero-order valence-electron chi connectivity index (χ0n) is 16.0. The fourth-order valence-electron chi connectivity index (χ4n) is 3.48. The molecule has 0 fully saturated rings. The van der Waals surface area contributed by atoms with Gasteiger partial charge in [0.25, 0.3) is 0 Å². The van der Waals surface area contributed by atoms with Crippen LogP contribution in [0.5, 0.6) is 11.5 Å². The number of ether oxygens (including phenoxy) is 2. The predicted molar refractivity (Wildman–Crippen MR) is 112 cm³/mol. The van der Waals surface area contributed by atoms with Gasteiger partial charge in [0.15, 0.2) is 11.3 Å². The van der Waals surface area contributed by atoms with Gasteiger partial charge in [-0.05, 0) is 36.4 Å². The molecule has 0 amide bonds. The van der Waals surface area contributed by atoms with Gasteiger partial charge in [0, 0.05) is 17.3 Å². The molecule has 3 aromatic heterocycles. The number of hydrogen-bond acceptors (Lipinski definition) is 5. The highest BCUT2D eigenvalue weighted by Gasteiger charge is 2.18. The molecule has 5 rings (SSSR count). The second kappa shape index (κ2) is 6.91. The third kappa shape index (κ3) is 2.86. The van der Waals surface area contributed by atoms with Crippen LogP contribution < -0.4 is 9.47 Å². The van der Waals surface area contributed by atoms with E-state index in [1.807, 2.05) is 71.2 Å². The maximum absolute atomic E-state index is 5.64. The van der Waals surface area contributed by atoms with Crippen LogP contribution >= 0.6 is 0 Å². The average molecular weight is 382 g/mol. The van der Waals surface area contributed by atoms with Crippen LogP contribution in [0.1, 0.15) is 0 Å². The van der Waals surface area contributed by atoms with Gasteiger partial charge in [-0.1, -0.05) is 30.3 Å². The molecule has 0 saturated heterocycles. The molecule has 0 bridgehead atoms. The summed E-state index contributed by atoms with van der Waals surface area (Å²) in [4.78, 5) is 9.31. The summed E-state index contributed by atoms with van der Waals surface area (Å²) in [5.41, 5.74) is 4.98. The van der Waals surface area contributed by atoms with Gasteiger partial charge in [0.2, 0.25) is 0 Å². The van der Waals surface area contributed by atoms with Crippen molar-refractivity contribution < 1.29 is 9.47 Å². The Morgan fingerprint density at radius 3 is 2.52 bits per heavy atom. The SMILES string of the molecule is COc1ccc(OC)c(-c2cc(-c3ccccc3)nc3c4cccnc4nn23)c1. The second-order valence-corrected chi connectivity index (χ2v) is 6.57. The zero-order valence-corrected chi connectivity index (χ0v) is 16.0. The summed E-state index contributed by atoms with van der Waals surface area (Å²) < 4.78 is 12.9. The van der Waals surface area contributed by atoms with Crippen molar-refractivity contribution in [2.24, 2.45) is 0 Å². The molecule has 0 atom stereocenters. The van der Waals surface area contributed by atoms with E-state index >= 15 is 0 Å².